The summed E-state index contributed by atoms with van der Waals surface area (Å²) in [6, 6.07) is 1.22. The van der Waals surface area contributed by atoms with Gasteiger partial charge in [-0.3, -0.25) is 4.57 Å². The van der Waals surface area contributed by atoms with E-state index in [2.05, 4.69) is 32.3 Å². The first kappa shape index (κ1) is 19.8. The fraction of sp³-hybridized carbons (Fsp3) is 1.00. The Morgan fingerprint density at radius 1 is 0.760 bits per heavy atom. The highest BCUT2D eigenvalue weighted by molar-refractivity contribution is 6.66. The second kappa shape index (κ2) is 8.86. The molecule has 0 amide bonds. The predicted octanol–water partition coefficient (Wildman–Crippen LogP) is 5.62. The Balaban J connectivity index is 1.97. The quantitative estimate of drug-likeness (QED) is 0.569. The normalized spacial score (nSPS) is 37.7. The van der Waals surface area contributed by atoms with Crippen LogP contribution in [0.15, 0.2) is 0 Å². The van der Waals surface area contributed by atoms with Gasteiger partial charge in [-0.05, 0) is 65.2 Å². The molecule has 25 heavy (non-hydrogen) atoms. The second-order valence-electron chi connectivity index (χ2n) is 8.78. The molecule has 0 spiro atoms. The van der Waals surface area contributed by atoms with Gasteiger partial charge in [-0.15, -0.1) is 0 Å². The van der Waals surface area contributed by atoms with E-state index in [9.17, 15) is 0 Å². The smallest absolute Gasteiger partial charge is 0.383 e. The highest BCUT2D eigenvalue weighted by Crippen LogP contribution is 2.53. The predicted molar refractivity (Wildman–Crippen MR) is 107 cm³/mol. The Bertz CT molecular complexity index is 401. The number of hydrogen-bond acceptors (Lipinski definition) is 3. The summed E-state index contributed by atoms with van der Waals surface area (Å²) >= 11 is 0. The molecular weight excluding hydrogens is 326 g/mol. The van der Waals surface area contributed by atoms with Gasteiger partial charge in [0.05, 0.1) is 0 Å². The van der Waals surface area contributed by atoms with Crippen molar-refractivity contribution in [1.29, 1.82) is 0 Å². The third-order valence-electron chi connectivity index (χ3n) is 7.30. The molecule has 3 nitrogen and oxygen atoms in total. The van der Waals surface area contributed by atoms with Crippen LogP contribution in [0.1, 0.15) is 91.9 Å². The Kier molecular flexibility index (Phi) is 7.03. The van der Waals surface area contributed by atoms with Crippen molar-refractivity contribution in [2.75, 3.05) is 13.2 Å². The van der Waals surface area contributed by atoms with E-state index < -0.39 is 8.72 Å². The van der Waals surface area contributed by atoms with Gasteiger partial charge in [-0.1, -0.05) is 38.5 Å². The van der Waals surface area contributed by atoms with Crippen LogP contribution in [0, 0.1) is 11.8 Å². The molecule has 0 N–H and O–H groups in total. The topological polar surface area (TPSA) is 21.7 Å². The van der Waals surface area contributed by atoms with Gasteiger partial charge in [-0.25, -0.2) is 0 Å². The molecule has 4 heteroatoms. The molecule has 0 aromatic carbocycles. The molecule has 3 fully saturated rings. The molecule has 146 valence electrons. The monoisotopic (exact) mass is 367 g/mol. The van der Waals surface area contributed by atoms with Crippen molar-refractivity contribution in [1.82, 2.24) is 4.57 Å². The van der Waals surface area contributed by atoms with Crippen molar-refractivity contribution in [2.24, 2.45) is 11.8 Å². The molecule has 1 heterocycles. The summed E-state index contributed by atoms with van der Waals surface area (Å²) < 4.78 is 16.4. The lowest BCUT2D eigenvalue weighted by Gasteiger charge is -2.55. The minimum absolute atomic E-state index is 0.609. The minimum atomic E-state index is -2.39. The first-order chi connectivity index (χ1) is 12.1. The fourth-order valence-electron chi connectivity index (χ4n) is 6.44. The molecule has 0 bridgehead atoms. The highest BCUT2D eigenvalue weighted by atomic mass is 28.4. The standard InChI is InChI=1S/C21H41NO2Si/c1-5-23-25(24-6-2,22-17(3)11-9-12-18(22)4)21-16-10-14-19-13-7-8-15-20(19)21/h17-21H,5-16H2,1-4H3. The van der Waals surface area contributed by atoms with E-state index in [1.165, 1.54) is 64.2 Å². The Labute approximate surface area is 157 Å². The van der Waals surface area contributed by atoms with Crippen molar-refractivity contribution in [3.05, 3.63) is 0 Å². The minimum Gasteiger partial charge on any atom is -0.383 e. The molecule has 1 aliphatic heterocycles. The zero-order valence-electron chi connectivity index (χ0n) is 17.1. The van der Waals surface area contributed by atoms with Gasteiger partial charge in [0.25, 0.3) is 0 Å². The number of fused-ring (bicyclic) bond motifs is 1. The van der Waals surface area contributed by atoms with Crippen LogP contribution in [0.3, 0.4) is 0 Å². The summed E-state index contributed by atoms with van der Waals surface area (Å²) in [6.45, 7) is 10.8. The lowest BCUT2D eigenvalue weighted by atomic mass is 9.70. The van der Waals surface area contributed by atoms with Crippen molar-refractivity contribution >= 4 is 8.72 Å². The molecule has 2 aliphatic carbocycles. The van der Waals surface area contributed by atoms with Crippen LogP contribution in [-0.4, -0.2) is 38.6 Å². The first-order valence-corrected chi connectivity index (χ1v) is 13.0. The van der Waals surface area contributed by atoms with Crippen LogP contribution < -0.4 is 0 Å². The van der Waals surface area contributed by atoms with E-state index in [0.717, 1.165) is 25.0 Å². The van der Waals surface area contributed by atoms with Crippen molar-refractivity contribution in [3.63, 3.8) is 0 Å². The summed E-state index contributed by atoms with van der Waals surface area (Å²) in [7, 11) is -2.39. The Morgan fingerprint density at radius 3 is 1.96 bits per heavy atom. The molecule has 5 unspecified atom stereocenters. The van der Waals surface area contributed by atoms with Crippen molar-refractivity contribution < 1.29 is 8.85 Å². The number of hydrogen-bond donors (Lipinski definition) is 0. The van der Waals surface area contributed by atoms with Crippen LogP contribution in [-0.2, 0) is 8.85 Å². The third-order valence-corrected chi connectivity index (χ3v) is 12.0. The highest BCUT2D eigenvalue weighted by Gasteiger charge is 2.59. The molecular formula is C21H41NO2Si. The number of nitrogens with zero attached hydrogens (tertiary/aromatic N) is 1. The van der Waals surface area contributed by atoms with E-state index in [1.54, 1.807) is 0 Å². The van der Waals surface area contributed by atoms with Gasteiger partial charge >= 0.3 is 8.72 Å². The lowest BCUT2D eigenvalue weighted by Crippen LogP contribution is -2.69. The summed E-state index contributed by atoms with van der Waals surface area (Å²) in [5.41, 5.74) is 0.675. The van der Waals surface area contributed by atoms with Gasteiger partial charge in [-0.2, -0.15) is 0 Å². The van der Waals surface area contributed by atoms with Crippen LogP contribution in [0.25, 0.3) is 0 Å². The van der Waals surface area contributed by atoms with Gasteiger partial charge in [0.1, 0.15) is 0 Å². The van der Waals surface area contributed by atoms with Gasteiger partial charge < -0.3 is 8.85 Å². The van der Waals surface area contributed by atoms with E-state index in [1.807, 2.05) is 0 Å². The Morgan fingerprint density at radius 2 is 1.32 bits per heavy atom. The number of piperidine rings is 1. The molecule has 3 aliphatic rings. The Hall–Kier alpha value is 0.0969. The summed E-state index contributed by atoms with van der Waals surface area (Å²) in [6.07, 6.45) is 13.9. The first-order valence-electron chi connectivity index (χ1n) is 11.2. The van der Waals surface area contributed by atoms with Gasteiger partial charge in [0.2, 0.25) is 0 Å². The van der Waals surface area contributed by atoms with E-state index >= 15 is 0 Å². The maximum atomic E-state index is 6.78. The molecule has 2 saturated carbocycles. The zero-order chi connectivity index (χ0) is 17.9. The summed E-state index contributed by atoms with van der Waals surface area (Å²) in [5, 5.41) is 0. The lowest BCUT2D eigenvalue weighted by molar-refractivity contribution is 0.0333. The zero-order valence-corrected chi connectivity index (χ0v) is 18.1. The van der Waals surface area contributed by atoms with Gasteiger partial charge in [0, 0.05) is 30.8 Å². The molecule has 5 atom stereocenters. The van der Waals surface area contributed by atoms with E-state index in [4.69, 9.17) is 8.85 Å². The van der Waals surface area contributed by atoms with Crippen LogP contribution in [0.4, 0.5) is 0 Å². The molecule has 0 radical (unpaired) electrons. The number of rotatable bonds is 6. The third kappa shape index (κ3) is 3.88. The maximum absolute atomic E-state index is 6.78. The SMILES string of the molecule is CCO[Si](OCC)(C1CCCC2CCCCC21)N1C(C)CCCC1C. The summed E-state index contributed by atoms with van der Waals surface area (Å²) in [5.74, 6) is 1.80. The average molecular weight is 368 g/mol. The largest absolute Gasteiger partial charge is 0.431 e. The maximum Gasteiger partial charge on any atom is 0.431 e. The van der Waals surface area contributed by atoms with Crippen LogP contribution in [0.2, 0.25) is 5.54 Å². The van der Waals surface area contributed by atoms with Crippen molar-refractivity contribution in [2.45, 2.75) is 110 Å². The van der Waals surface area contributed by atoms with Gasteiger partial charge in [0.15, 0.2) is 0 Å². The molecule has 3 rings (SSSR count). The molecule has 0 aromatic rings. The average Bonchev–Trinajstić information content (AvgIpc) is 2.61. The van der Waals surface area contributed by atoms with E-state index in [0.29, 0.717) is 17.6 Å². The fourth-order valence-corrected chi connectivity index (χ4v) is 11.5. The molecule has 0 aromatic heterocycles. The van der Waals surface area contributed by atoms with Crippen LogP contribution in [0.5, 0.6) is 0 Å². The summed E-state index contributed by atoms with van der Waals surface area (Å²) in [4.78, 5) is 0. The van der Waals surface area contributed by atoms with E-state index in [-0.39, 0.29) is 0 Å². The molecule has 1 saturated heterocycles. The van der Waals surface area contributed by atoms with Crippen molar-refractivity contribution in [3.8, 4) is 0 Å². The van der Waals surface area contributed by atoms with Crippen LogP contribution >= 0.6 is 0 Å². The second-order valence-corrected chi connectivity index (χ2v) is 11.9.